The number of hydrogen-bond acceptors (Lipinski definition) is 5. The number of nitrogens with zero attached hydrogens (tertiary/aromatic N) is 2. The molecular weight excluding hydrogens is 330 g/mol. The Kier molecular flexibility index (Phi) is 5.94. The molecule has 0 bridgehead atoms. The molecule has 0 fully saturated rings. The number of aromatic nitrogens is 1. The van der Waals surface area contributed by atoms with E-state index in [2.05, 4.69) is 27.4 Å². The molecule has 0 atom stereocenters. The molecule has 1 heterocycles. The molecule has 0 unspecified atom stereocenters. The maximum absolute atomic E-state index is 8.71. The topological polar surface area (TPSA) is 57.5 Å². The largest absolute Gasteiger partial charge is 0.395 e. The first-order chi connectivity index (χ1) is 12.3. The predicted molar refractivity (Wildman–Crippen MR) is 104 cm³/mol. The van der Waals surface area contributed by atoms with Gasteiger partial charge >= 0.3 is 0 Å². The van der Waals surface area contributed by atoms with E-state index in [-0.39, 0.29) is 6.61 Å². The number of anilines is 1. The third-order valence-electron chi connectivity index (χ3n) is 3.33. The Labute approximate surface area is 150 Å². The van der Waals surface area contributed by atoms with Gasteiger partial charge in [0.15, 0.2) is 0 Å². The molecule has 3 aromatic rings. The van der Waals surface area contributed by atoms with Crippen LogP contribution in [0.4, 0.5) is 5.13 Å². The summed E-state index contributed by atoms with van der Waals surface area (Å²) in [5.41, 5.74) is 6.89. The Bertz CT molecular complexity index is 890. The summed E-state index contributed by atoms with van der Waals surface area (Å²) in [6.07, 6.45) is 2.24. The molecule has 0 aliphatic rings. The first-order valence-electron chi connectivity index (χ1n) is 7.85. The number of aliphatic hydroxyl groups excluding tert-OH is 1. The number of thiazole rings is 1. The summed E-state index contributed by atoms with van der Waals surface area (Å²) in [5.74, 6) is 5.89. The Morgan fingerprint density at radius 3 is 2.68 bits per heavy atom. The minimum absolute atomic E-state index is 0.0894. The standard InChI is InChI=1S/C20H17N3OS/c24-13-5-4-6-16-9-11-17(12-10-16)14-21-23-20-22-19(15-25-20)18-7-2-1-3-8-18/h1-3,7-12,14-15,24H,5,13H2,(H,22,23). The van der Waals surface area contributed by atoms with Gasteiger partial charge in [-0.1, -0.05) is 54.3 Å². The van der Waals surface area contributed by atoms with Gasteiger partial charge in [-0.05, 0) is 17.7 Å². The fourth-order valence-corrected chi connectivity index (χ4v) is 2.77. The van der Waals surface area contributed by atoms with Crippen LogP contribution in [-0.2, 0) is 0 Å². The minimum Gasteiger partial charge on any atom is -0.395 e. The van der Waals surface area contributed by atoms with Crippen LogP contribution in [0.1, 0.15) is 17.5 Å². The highest BCUT2D eigenvalue weighted by molar-refractivity contribution is 7.14. The molecule has 2 N–H and O–H groups in total. The van der Waals surface area contributed by atoms with Gasteiger partial charge in [-0.15, -0.1) is 11.3 Å². The second-order valence-electron chi connectivity index (χ2n) is 5.17. The summed E-state index contributed by atoms with van der Waals surface area (Å²) in [6, 6.07) is 17.8. The summed E-state index contributed by atoms with van der Waals surface area (Å²) in [4.78, 5) is 4.52. The summed E-state index contributed by atoms with van der Waals surface area (Å²) >= 11 is 1.52. The lowest BCUT2D eigenvalue weighted by Gasteiger charge is -1.96. The van der Waals surface area contributed by atoms with Crippen molar-refractivity contribution in [1.82, 2.24) is 4.98 Å². The van der Waals surface area contributed by atoms with Crippen molar-refractivity contribution in [3.63, 3.8) is 0 Å². The average Bonchev–Trinajstić information content (AvgIpc) is 3.13. The van der Waals surface area contributed by atoms with Gasteiger partial charge in [0.1, 0.15) is 0 Å². The lowest BCUT2D eigenvalue weighted by Crippen LogP contribution is -1.90. The molecule has 0 aliphatic heterocycles. The third-order valence-corrected chi connectivity index (χ3v) is 4.07. The van der Waals surface area contributed by atoms with Gasteiger partial charge in [0.2, 0.25) is 5.13 Å². The quantitative estimate of drug-likeness (QED) is 0.417. The van der Waals surface area contributed by atoms with E-state index in [1.807, 2.05) is 60.0 Å². The van der Waals surface area contributed by atoms with Gasteiger partial charge in [-0.2, -0.15) is 5.10 Å². The monoisotopic (exact) mass is 347 g/mol. The number of rotatable bonds is 5. The van der Waals surface area contributed by atoms with Crippen LogP contribution in [0.25, 0.3) is 11.3 Å². The Morgan fingerprint density at radius 2 is 1.92 bits per heavy atom. The normalized spacial score (nSPS) is 10.4. The van der Waals surface area contributed by atoms with Crippen LogP contribution in [-0.4, -0.2) is 22.9 Å². The molecule has 0 spiro atoms. The van der Waals surface area contributed by atoms with Gasteiger partial charge in [0.05, 0.1) is 18.5 Å². The highest BCUT2D eigenvalue weighted by atomic mass is 32.1. The van der Waals surface area contributed by atoms with E-state index in [1.54, 1.807) is 6.21 Å². The molecule has 2 aromatic carbocycles. The van der Waals surface area contributed by atoms with Crippen molar-refractivity contribution >= 4 is 22.7 Å². The van der Waals surface area contributed by atoms with Gasteiger partial charge in [0.25, 0.3) is 0 Å². The van der Waals surface area contributed by atoms with Crippen molar-refractivity contribution in [2.24, 2.45) is 5.10 Å². The number of aliphatic hydroxyl groups is 1. The maximum Gasteiger partial charge on any atom is 0.203 e. The number of benzene rings is 2. The van der Waals surface area contributed by atoms with Crippen LogP contribution in [0.5, 0.6) is 0 Å². The lowest BCUT2D eigenvalue weighted by atomic mass is 10.1. The first kappa shape index (κ1) is 16.9. The molecule has 124 valence electrons. The maximum atomic E-state index is 8.71. The van der Waals surface area contributed by atoms with Crippen LogP contribution in [0.2, 0.25) is 0 Å². The molecular formula is C20H17N3OS. The van der Waals surface area contributed by atoms with Crippen molar-refractivity contribution < 1.29 is 5.11 Å². The van der Waals surface area contributed by atoms with Gasteiger partial charge in [-0.25, -0.2) is 4.98 Å². The van der Waals surface area contributed by atoms with Crippen LogP contribution in [0.15, 0.2) is 65.1 Å². The summed E-state index contributed by atoms with van der Waals surface area (Å²) < 4.78 is 0. The van der Waals surface area contributed by atoms with E-state index in [4.69, 9.17) is 5.11 Å². The van der Waals surface area contributed by atoms with E-state index < -0.39 is 0 Å². The number of hydrogen-bond donors (Lipinski definition) is 2. The minimum atomic E-state index is 0.0894. The Morgan fingerprint density at radius 1 is 1.12 bits per heavy atom. The third kappa shape index (κ3) is 5.01. The van der Waals surface area contributed by atoms with Crippen molar-refractivity contribution in [2.45, 2.75) is 6.42 Å². The van der Waals surface area contributed by atoms with E-state index in [9.17, 15) is 0 Å². The van der Waals surface area contributed by atoms with Crippen molar-refractivity contribution in [3.05, 3.63) is 71.1 Å². The van der Waals surface area contributed by atoms with Gasteiger partial charge < -0.3 is 5.11 Å². The molecule has 0 saturated carbocycles. The zero-order valence-corrected chi connectivity index (χ0v) is 14.3. The molecule has 5 heteroatoms. The van der Waals surface area contributed by atoms with Crippen molar-refractivity contribution in [3.8, 4) is 23.1 Å². The van der Waals surface area contributed by atoms with Gasteiger partial charge in [-0.3, -0.25) is 5.43 Å². The van der Waals surface area contributed by atoms with Gasteiger partial charge in [0, 0.05) is 22.9 Å². The highest BCUT2D eigenvalue weighted by Crippen LogP contribution is 2.24. The zero-order chi connectivity index (χ0) is 17.3. The summed E-state index contributed by atoms with van der Waals surface area (Å²) in [6.45, 7) is 0.0894. The fraction of sp³-hybridized carbons (Fsp3) is 0.100. The second kappa shape index (κ2) is 8.78. The molecule has 1 aromatic heterocycles. The smallest absolute Gasteiger partial charge is 0.203 e. The summed E-state index contributed by atoms with van der Waals surface area (Å²) in [7, 11) is 0. The fourth-order valence-electron chi connectivity index (χ4n) is 2.10. The molecule has 0 saturated heterocycles. The predicted octanol–water partition coefficient (Wildman–Crippen LogP) is 3.99. The Balaban J connectivity index is 1.58. The van der Waals surface area contributed by atoms with E-state index in [0.29, 0.717) is 6.42 Å². The van der Waals surface area contributed by atoms with E-state index >= 15 is 0 Å². The van der Waals surface area contributed by atoms with Crippen LogP contribution in [0.3, 0.4) is 0 Å². The highest BCUT2D eigenvalue weighted by Gasteiger charge is 2.02. The summed E-state index contributed by atoms with van der Waals surface area (Å²) in [5, 5.41) is 15.7. The van der Waals surface area contributed by atoms with E-state index in [0.717, 1.165) is 27.5 Å². The van der Waals surface area contributed by atoms with Crippen molar-refractivity contribution in [1.29, 1.82) is 0 Å². The molecule has 4 nitrogen and oxygen atoms in total. The molecule has 0 amide bonds. The molecule has 3 rings (SSSR count). The average molecular weight is 347 g/mol. The lowest BCUT2D eigenvalue weighted by molar-refractivity contribution is 0.305. The van der Waals surface area contributed by atoms with Crippen LogP contribution in [0, 0.1) is 11.8 Å². The Hall–Kier alpha value is -2.94. The number of hydrazone groups is 1. The van der Waals surface area contributed by atoms with Crippen LogP contribution < -0.4 is 5.43 Å². The van der Waals surface area contributed by atoms with Crippen LogP contribution >= 0.6 is 11.3 Å². The van der Waals surface area contributed by atoms with Crippen molar-refractivity contribution in [2.75, 3.05) is 12.0 Å². The first-order valence-corrected chi connectivity index (χ1v) is 8.73. The second-order valence-corrected chi connectivity index (χ2v) is 6.03. The number of nitrogens with one attached hydrogen (secondary N) is 1. The van der Waals surface area contributed by atoms with E-state index in [1.165, 1.54) is 11.3 Å². The molecule has 0 aliphatic carbocycles. The molecule has 25 heavy (non-hydrogen) atoms. The zero-order valence-electron chi connectivity index (χ0n) is 13.5. The molecule has 0 radical (unpaired) electrons. The SMILES string of the molecule is OCCC#Cc1ccc(C=NNc2nc(-c3ccccc3)cs2)cc1.